The summed E-state index contributed by atoms with van der Waals surface area (Å²) < 4.78 is 1.13. The van der Waals surface area contributed by atoms with Crippen molar-refractivity contribution in [3.05, 3.63) is 50.1 Å². The highest BCUT2D eigenvalue weighted by Crippen LogP contribution is 2.35. The first-order chi connectivity index (χ1) is 10.3. The summed E-state index contributed by atoms with van der Waals surface area (Å²) in [6.45, 7) is 6.55. The molecule has 118 valence electrons. The molecule has 2 rings (SSSR count). The Morgan fingerprint density at radius 1 is 1.27 bits per heavy atom. The molecule has 0 atom stereocenters. The van der Waals surface area contributed by atoms with Gasteiger partial charge in [0, 0.05) is 16.2 Å². The second-order valence-electron chi connectivity index (χ2n) is 5.82. The van der Waals surface area contributed by atoms with Gasteiger partial charge in [0.2, 0.25) is 0 Å². The van der Waals surface area contributed by atoms with E-state index in [0.29, 0.717) is 25.7 Å². The lowest BCUT2D eigenvalue weighted by Crippen LogP contribution is -2.13. The van der Waals surface area contributed by atoms with Gasteiger partial charge in [0.15, 0.2) is 0 Å². The lowest BCUT2D eigenvalue weighted by molar-refractivity contribution is 0.319. The third kappa shape index (κ3) is 4.19. The van der Waals surface area contributed by atoms with Crippen molar-refractivity contribution in [2.24, 2.45) is 5.16 Å². The zero-order valence-electron chi connectivity index (χ0n) is 12.6. The second kappa shape index (κ2) is 7.26. The summed E-state index contributed by atoms with van der Waals surface area (Å²) in [5.41, 5.74) is 2.55. The van der Waals surface area contributed by atoms with E-state index in [1.54, 1.807) is 17.8 Å². The molecule has 0 saturated heterocycles. The molecule has 6 heteroatoms. The van der Waals surface area contributed by atoms with Crippen LogP contribution in [0.5, 0.6) is 0 Å². The molecular formula is C16H17Cl2NOS2. The molecule has 1 aromatic carbocycles. The Kier molecular flexibility index (Phi) is 5.83. The Morgan fingerprint density at radius 2 is 1.95 bits per heavy atom. The van der Waals surface area contributed by atoms with Crippen LogP contribution in [0.25, 0.3) is 0 Å². The topological polar surface area (TPSA) is 32.6 Å². The lowest BCUT2D eigenvalue weighted by atomic mass is 9.87. The fraction of sp³-hybridized carbons (Fsp3) is 0.312. The first-order valence-corrected chi connectivity index (χ1v) is 9.27. The van der Waals surface area contributed by atoms with E-state index in [1.807, 2.05) is 12.1 Å². The number of benzene rings is 1. The van der Waals surface area contributed by atoms with E-state index in [4.69, 9.17) is 23.2 Å². The fourth-order valence-corrected chi connectivity index (χ4v) is 4.77. The van der Waals surface area contributed by atoms with E-state index in [9.17, 15) is 5.21 Å². The maximum Gasteiger partial charge on any atom is 0.104 e. The number of thioether (sulfide) groups is 1. The van der Waals surface area contributed by atoms with Crippen LogP contribution in [0.2, 0.25) is 8.67 Å². The monoisotopic (exact) mass is 373 g/mol. The maximum atomic E-state index is 9.30. The van der Waals surface area contributed by atoms with Gasteiger partial charge in [0.05, 0.1) is 10.0 Å². The van der Waals surface area contributed by atoms with Crippen LogP contribution in [0.3, 0.4) is 0 Å². The Bertz CT molecular complexity index is 690. The molecule has 0 fully saturated rings. The maximum absolute atomic E-state index is 9.30. The third-order valence-electron chi connectivity index (χ3n) is 3.15. The minimum absolute atomic E-state index is 0.0590. The Labute approximate surface area is 149 Å². The van der Waals surface area contributed by atoms with Crippen LogP contribution in [-0.2, 0) is 5.41 Å². The molecule has 0 unspecified atom stereocenters. The van der Waals surface area contributed by atoms with Crippen molar-refractivity contribution in [1.82, 2.24) is 0 Å². The van der Waals surface area contributed by atoms with E-state index in [-0.39, 0.29) is 5.41 Å². The van der Waals surface area contributed by atoms with Crippen LogP contribution in [0.15, 0.2) is 40.4 Å². The van der Waals surface area contributed by atoms with Crippen molar-refractivity contribution in [3.8, 4) is 0 Å². The molecule has 0 bridgehead atoms. The van der Waals surface area contributed by atoms with Crippen molar-refractivity contribution in [1.29, 1.82) is 0 Å². The summed E-state index contributed by atoms with van der Waals surface area (Å²) in [4.78, 5) is 1.17. The highest BCUT2D eigenvalue weighted by Gasteiger charge is 2.19. The molecule has 0 aliphatic carbocycles. The van der Waals surface area contributed by atoms with Gasteiger partial charge in [0.25, 0.3) is 0 Å². The molecule has 1 aromatic heterocycles. The first-order valence-electron chi connectivity index (χ1n) is 6.71. The third-order valence-corrected chi connectivity index (χ3v) is 5.72. The summed E-state index contributed by atoms with van der Waals surface area (Å²) >= 11 is 15.0. The van der Waals surface area contributed by atoms with Gasteiger partial charge >= 0.3 is 0 Å². The van der Waals surface area contributed by atoms with Gasteiger partial charge in [-0.2, -0.15) is 0 Å². The second-order valence-corrected chi connectivity index (χ2v) is 9.12. The van der Waals surface area contributed by atoms with Crippen LogP contribution in [0.4, 0.5) is 0 Å². The number of hydrogen-bond acceptors (Lipinski definition) is 4. The summed E-state index contributed by atoms with van der Waals surface area (Å²) in [5, 5.41) is 12.7. The molecule has 1 N–H and O–H groups in total. The van der Waals surface area contributed by atoms with E-state index < -0.39 is 0 Å². The number of nitrogens with zero attached hydrogens (tertiary/aromatic N) is 1. The minimum atomic E-state index is 0.0590. The molecular weight excluding hydrogens is 357 g/mol. The van der Waals surface area contributed by atoms with Crippen LogP contribution in [0.1, 0.15) is 31.9 Å². The first kappa shape index (κ1) is 17.7. The van der Waals surface area contributed by atoms with E-state index >= 15 is 0 Å². The standard InChI is InChI=1S/C16H17Cl2NOS2/c1-16(2,3)11-6-4-5-7-13(11)21-9-12(19-20)10-8-14(17)22-15(10)18/h4-8,20H,9H2,1-3H3/b19-12-. The fourth-order valence-electron chi connectivity index (χ4n) is 2.06. The van der Waals surface area contributed by atoms with Gasteiger partial charge in [-0.15, -0.1) is 23.1 Å². The van der Waals surface area contributed by atoms with Crippen molar-refractivity contribution < 1.29 is 5.21 Å². The molecule has 2 nitrogen and oxygen atoms in total. The lowest BCUT2D eigenvalue weighted by Gasteiger charge is -2.22. The average Bonchev–Trinajstić information content (AvgIpc) is 2.78. The average molecular weight is 374 g/mol. The predicted molar refractivity (Wildman–Crippen MR) is 98.5 cm³/mol. The summed E-state index contributed by atoms with van der Waals surface area (Å²) in [7, 11) is 0. The van der Waals surface area contributed by atoms with E-state index in [2.05, 4.69) is 38.1 Å². The molecule has 2 aromatic rings. The molecule has 0 aliphatic heterocycles. The molecule has 1 heterocycles. The molecule has 0 radical (unpaired) electrons. The number of oxime groups is 1. The van der Waals surface area contributed by atoms with Crippen molar-refractivity contribution >= 4 is 52.0 Å². The summed E-state index contributed by atoms with van der Waals surface area (Å²) in [6.07, 6.45) is 0. The van der Waals surface area contributed by atoms with Gasteiger partial charge in [-0.25, -0.2) is 0 Å². The van der Waals surface area contributed by atoms with Gasteiger partial charge in [0.1, 0.15) is 4.34 Å². The van der Waals surface area contributed by atoms with Crippen LogP contribution in [-0.4, -0.2) is 16.7 Å². The molecule has 22 heavy (non-hydrogen) atoms. The van der Waals surface area contributed by atoms with Crippen molar-refractivity contribution in [2.75, 3.05) is 5.75 Å². The zero-order chi connectivity index (χ0) is 16.3. The van der Waals surface area contributed by atoms with Gasteiger partial charge in [-0.3, -0.25) is 0 Å². The number of rotatable bonds is 4. The minimum Gasteiger partial charge on any atom is -0.411 e. The zero-order valence-corrected chi connectivity index (χ0v) is 15.7. The molecule has 0 amide bonds. The van der Waals surface area contributed by atoms with E-state index in [1.165, 1.54) is 21.8 Å². The van der Waals surface area contributed by atoms with Gasteiger partial charge in [-0.05, 0) is 23.1 Å². The molecule has 0 spiro atoms. The SMILES string of the molecule is CC(C)(C)c1ccccc1SC/C(=N/O)c1cc(Cl)sc1Cl. The van der Waals surface area contributed by atoms with E-state index in [0.717, 1.165) is 0 Å². The van der Waals surface area contributed by atoms with Crippen LogP contribution in [0, 0.1) is 0 Å². The number of hydrogen-bond donors (Lipinski definition) is 1. The van der Waals surface area contributed by atoms with Crippen molar-refractivity contribution in [2.45, 2.75) is 31.1 Å². The molecule has 0 aliphatic rings. The van der Waals surface area contributed by atoms with Gasteiger partial charge in [-0.1, -0.05) is 67.3 Å². The van der Waals surface area contributed by atoms with Crippen molar-refractivity contribution in [3.63, 3.8) is 0 Å². The largest absolute Gasteiger partial charge is 0.411 e. The summed E-state index contributed by atoms with van der Waals surface area (Å²) in [5.74, 6) is 0.524. The Morgan fingerprint density at radius 3 is 2.50 bits per heavy atom. The predicted octanol–water partition coefficient (Wildman–Crippen LogP) is 6.32. The summed E-state index contributed by atoms with van der Waals surface area (Å²) in [6, 6.07) is 10.0. The van der Waals surface area contributed by atoms with Crippen LogP contribution >= 0.6 is 46.3 Å². The highest BCUT2D eigenvalue weighted by atomic mass is 35.5. The number of thiophene rings is 1. The highest BCUT2D eigenvalue weighted by molar-refractivity contribution is 8.00. The molecule has 0 saturated carbocycles. The van der Waals surface area contributed by atoms with Crippen LogP contribution < -0.4 is 0 Å². The Hall–Kier alpha value is -0.680. The Balaban J connectivity index is 2.21. The van der Waals surface area contributed by atoms with Gasteiger partial charge < -0.3 is 5.21 Å². The number of halogens is 2. The normalized spacial score (nSPS) is 12.7. The quantitative estimate of drug-likeness (QED) is 0.294. The smallest absolute Gasteiger partial charge is 0.104 e.